The maximum absolute atomic E-state index is 12.6. The van der Waals surface area contributed by atoms with Gasteiger partial charge in [0.15, 0.2) is 5.17 Å². The van der Waals surface area contributed by atoms with Crippen molar-refractivity contribution in [1.82, 2.24) is 4.90 Å². The number of anilines is 1. The van der Waals surface area contributed by atoms with Gasteiger partial charge in [0.2, 0.25) is 0 Å². The van der Waals surface area contributed by atoms with Crippen LogP contribution in [-0.4, -0.2) is 47.1 Å². The topological polar surface area (TPSA) is 88.3 Å². The zero-order chi connectivity index (χ0) is 25.8. The molecule has 188 valence electrons. The van der Waals surface area contributed by atoms with Crippen molar-refractivity contribution in [3.63, 3.8) is 0 Å². The quantitative estimate of drug-likeness (QED) is 0.251. The summed E-state index contributed by atoms with van der Waals surface area (Å²) in [5, 5.41) is 11.5. The monoisotopic (exact) mass is 514 g/mol. The van der Waals surface area contributed by atoms with Crippen LogP contribution in [0.3, 0.4) is 0 Å². The molecule has 5 rings (SSSR count). The van der Waals surface area contributed by atoms with Gasteiger partial charge in [-0.2, -0.15) is 4.99 Å². The number of piperazine rings is 1. The summed E-state index contributed by atoms with van der Waals surface area (Å²) in [4.78, 5) is 32.4. The van der Waals surface area contributed by atoms with E-state index in [1.807, 2.05) is 30.3 Å². The van der Waals surface area contributed by atoms with E-state index in [4.69, 9.17) is 4.74 Å². The summed E-state index contributed by atoms with van der Waals surface area (Å²) >= 11 is 1.42. The van der Waals surface area contributed by atoms with Gasteiger partial charge in [0.25, 0.3) is 11.6 Å². The molecule has 0 atom stereocenters. The number of amidine groups is 1. The molecular weight excluding hydrogens is 488 g/mol. The lowest BCUT2D eigenvalue weighted by Gasteiger charge is -2.37. The molecule has 0 radical (unpaired) electrons. The Morgan fingerprint density at radius 3 is 2.32 bits per heavy atom. The summed E-state index contributed by atoms with van der Waals surface area (Å²) < 4.78 is 5.79. The Kier molecular flexibility index (Phi) is 7.23. The standard InChI is InChI=1S/C28H26N4O4S/c1-20-4-2-3-5-25(20)30-14-16-31(17-15-30)28-29-27(33)26(37-28)18-21-8-12-24(13-9-21)36-19-22-6-10-23(11-7-22)32(34)35/h2-13,18H,14-17,19H2,1H3/b26-18+. The molecule has 1 amide bonds. The van der Waals surface area contributed by atoms with Crippen molar-refractivity contribution in [3.8, 4) is 5.75 Å². The van der Waals surface area contributed by atoms with E-state index in [0.29, 0.717) is 17.3 Å². The number of aliphatic imine (C=N–C) groups is 1. The number of non-ortho nitro benzene ring substituents is 1. The fourth-order valence-corrected chi connectivity index (χ4v) is 5.25. The van der Waals surface area contributed by atoms with Crippen molar-refractivity contribution in [2.24, 2.45) is 4.99 Å². The number of ether oxygens (including phenoxy) is 1. The zero-order valence-electron chi connectivity index (χ0n) is 20.4. The minimum atomic E-state index is -0.425. The second-order valence-electron chi connectivity index (χ2n) is 8.85. The van der Waals surface area contributed by atoms with E-state index in [2.05, 4.69) is 46.0 Å². The molecule has 0 saturated carbocycles. The Morgan fingerprint density at radius 1 is 0.973 bits per heavy atom. The van der Waals surface area contributed by atoms with Crippen molar-refractivity contribution in [2.45, 2.75) is 13.5 Å². The fraction of sp³-hybridized carbons (Fsp3) is 0.214. The number of thioether (sulfide) groups is 1. The van der Waals surface area contributed by atoms with Crippen molar-refractivity contribution >= 4 is 40.3 Å². The van der Waals surface area contributed by atoms with Gasteiger partial charge in [-0.1, -0.05) is 30.3 Å². The van der Waals surface area contributed by atoms with E-state index in [1.165, 1.54) is 35.1 Å². The number of nitro groups is 1. The molecule has 0 aromatic heterocycles. The van der Waals surface area contributed by atoms with Crippen LogP contribution < -0.4 is 9.64 Å². The van der Waals surface area contributed by atoms with Gasteiger partial charge in [-0.25, -0.2) is 0 Å². The average molecular weight is 515 g/mol. The van der Waals surface area contributed by atoms with E-state index < -0.39 is 4.92 Å². The molecule has 0 bridgehead atoms. The molecule has 0 N–H and O–H groups in total. The molecule has 0 unspecified atom stereocenters. The highest BCUT2D eigenvalue weighted by molar-refractivity contribution is 8.18. The lowest BCUT2D eigenvalue weighted by atomic mass is 10.1. The summed E-state index contributed by atoms with van der Waals surface area (Å²) in [5.74, 6) is 0.467. The Labute approximate surface area is 219 Å². The van der Waals surface area contributed by atoms with E-state index in [1.54, 1.807) is 12.1 Å². The first-order chi connectivity index (χ1) is 18.0. The second kappa shape index (κ2) is 10.9. The number of rotatable bonds is 6. The van der Waals surface area contributed by atoms with Crippen LogP contribution in [-0.2, 0) is 11.4 Å². The predicted octanol–water partition coefficient (Wildman–Crippen LogP) is 5.27. The Balaban J connectivity index is 1.15. The largest absolute Gasteiger partial charge is 0.489 e. The highest BCUT2D eigenvalue weighted by Crippen LogP contribution is 2.32. The van der Waals surface area contributed by atoms with Crippen molar-refractivity contribution < 1.29 is 14.5 Å². The van der Waals surface area contributed by atoms with Gasteiger partial charge in [0.1, 0.15) is 12.4 Å². The van der Waals surface area contributed by atoms with Crippen LogP contribution >= 0.6 is 11.8 Å². The number of nitro benzene ring substituents is 1. The van der Waals surface area contributed by atoms with Crippen molar-refractivity contribution in [1.29, 1.82) is 0 Å². The number of aryl methyl sites for hydroxylation is 1. The molecule has 37 heavy (non-hydrogen) atoms. The highest BCUT2D eigenvalue weighted by atomic mass is 32.2. The first kappa shape index (κ1) is 24.6. The van der Waals surface area contributed by atoms with Crippen molar-refractivity contribution in [3.05, 3.63) is 105 Å². The molecule has 9 heteroatoms. The van der Waals surface area contributed by atoms with Crippen LogP contribution in [0.1, 0.15) is 16.7 Å². The van der Waals surface area contributed by atoms with E-state index in [-0.39, 0.29) is 11.6 Å². The highest BCUT2D eigenvalue weighted by Gasteiger charge is 2.28. The molecule has 3 aromatic carbocycles. The van der Waals surface area contributed by atoms with Gasteiger partial charge >= 0.3 is 0 Å². The number of hydrogen-bond donors (Lipinski definition) is 0. The van der Waals surface area contributed by atoms with Gasteiger partial charge < -0.3 is 14.5 Å². The van der Waals surface area contributed by atoms with Crippen molar-refractivity contribution in [2.75, 3.05) is 31.1 Å². The third-order valence-electron chi connectivity index (χ3n) is 6.35. The van der Waals surface area contributed by atoms with Gasteiger partial charge in [-0.3, -0.25) is 14.9 Å². The Morgan fingerprint density at radius 2 is 1.65 bits per heavy atom. The molecule has 1 saturated heterocycles. The molecule has 2 aliphatic heterocycles. The smallest absolute Gasteiger partial charge is 0.286 e. The molecule has 3 aromatic rings. The summed E-state index contributed by atoms with van der Waals surface area (Å²) in [7, 11) is 0. The summed E-state index contributed by atoms with van der Waals surface area (Å²) in [6.45, 7) is 5.86. The summed E-state index contributed by atoms with van der Waals surface area (Å²) in [5.41, 5.74) is 4.32. The van der Waals surface area contributed by atoms with E-state index >= 15 is 0 Å². The molecular formula is C28H26N4O4S. The first-order valence-corrected chi connectivity index (χ1v) is 12.8. The fourth-order valence-electron chi connectivity index (χ4n) is 4.28. The predicted molar refractivity (Wildman–Crippen MR) is 147 cm³/mol. The Hall–Kier alpha value is -4.11. The maximum atomic E-state index is 12.6. The lowest BCUT2D eigenvalue weighted by Crippen LogP contribution is -2.48. The number of carbonyl (C=O) groups is 1. The first-order valence-electron chi connectivity index (χ1n) is 12.0. The second-order valence-corrected chi connectivity index (χ2v) is 9.86. The van der Waals surface area contributed by atoms with E-state index in [9.17, 15) is 14.9 Å². The number of amides is 1. The minimum Gasteiger partial charge on any atom is -0.489 e. The average Bonchev–Trinajstić information content (AvgIpc) is 3.28. The van der Waals surface area contributed by atoms with Gasteiger partial charge in [-0.15, -0.1) is 0 Å². The number of carbonyl (C=O) groups excluding carboxylic acids is 1. The normalized spacial score (nSPS) is 16.7. The summed E-state index contributed by atoms with van der Waals surface area (Å²) in [6, 6.07) is 22.2. The van der Waals surface area contributed by atoms with Gasteiger partial charge in [0.05, 0.1) is 9.83 Å². The van der Waals surface area contributed by atoms with Crippen LogP contribution in [0.5, 0.6) is 5.75 Å². The number of nitrogens with zero attached hydrogens (tertiary/aromatic N) is 4. The molecule has 0 aliphatic carbocycles. The van der Waals surface area contributed by atoms with Crippen LogP contribution in [0.4, 0.5) is 11.4 Å². The Bertz CT molecular complexity index is 1360. The SMILES string of the molecule is Cc1ccccc1N1CCN(C2=NC(=O)/C(=C\c3ccc(OCc4ccc([N+](=O)[O-])cc4)cc3)S2)CC1. The van der Waals surface area contributed by atoms with E-state index in [0.717, 1.165) is 42.5 Å². The minimum absolute atomic E-state index is 0.0529. The van der Waals surface area contributed by atoms with Crippen LogP contribution in [0.2, 0.25) is 0 Å². The molecule has 8 nitrogen and oxygen atoms in total. The van der Waals surface area contributed by atoms with Gasteiger partial charge in [0, 0.05) is 44.0 Å². The third kappa shape index (κ3) is 5.83. The van der Waals surface area contributed by atoms with Gasteiger partial charge in [-0.05, 0) is 71.8 Å². The van der Waals surface area contributed by atoms with Crippen LogP contribution in [0.25, 0.3) is 6.08 Å². The molecule has 2 heterocycles. The third-order valence-corrected chi connectivity index (χ3v) is 7.39. The lowest BCUT2D eigenvalue weighted by molar-refractivity contribution is -0.384. The maximum Gasteiger partial charge on any atom is 0.286 e. The van der Waals surface area contributed by atoms with Crippen LogP contribution in [0.15, 0.2) is 82.7 Å². The van der Waals surface area contributed by atoms with Crippen LogP contribution in [0, 0.1) is 17.0 Å². The summed E-state index contributed by atoms with van der Waals surface area (Å²) in [6.07, 6.45) is 1.85. The number of hydrogen-bond acceptors (Lipinski definition) is 7. The number of benzene rings is 3. The zero-order valence-corrected chi connectivity index (χ0v) is 21.2. The number of para-hydroxylation sites is 1. The molecule has 1 fully saturated rings. The molecule has 2 aliphatic rings. The molecule has 0 spiro atoms.